The molecule has 0 saturated carbocycles. The number of nitrogens with one attached hydrogen (secondary N) is 1. The zero-order valence-electron chi connectivity index (χ0n) is 20.0. The van der Waals surface area contributed by atoms with Gasteiger partial charge >= 0.3 is 0 Å². The third-order valence-electron chi connectivity index (χ3n) is 6.34. The molecule has 0 aliphatic carbocycles. The lowest BCUT2D eigenvalue weighted by Crippen LogP contribution is -2.38. The number of hydrogen-bond donors (Lipinski definition) is 1. The van der Waals surface area contributed by atoms with Gasteiger partial charge in [0.2, 0.25) is 5.88 Å². The van der Waals surface area contributed by atoms with Crippen LogP contribution >= 0.6 is 11.6 Å². The molecule has 182 valence electrons. The minimum Gasteiger partial charge on any atom is -0.497 e. The number of carbonyl (C=O) groups excluding carboxylic acids is 2. The molecule has 7 nitrogen and oxygen atoms in total. The van der Waals surface area contributed by atoms with Gasteiger partial charge in [0.15, 0.2) is 0 Å². The van der Waals surface area contributed by atoms with Gasteiger partial charge in [0, 0.05) is 36.0 Å². The number of anilines is 1. The van der Waals surface area contributed by atoms with E-state index in [1.54, 1.807) is 19.2 Å². The summed E-state index contributed by atoms with van der Waals surface area (Å²) < 4.78 is 10.3. The summed E-state index contributed by atoms with van der Waals surface area (Å²) in [6, 6.07) is 16.5. The van der Waals surface area contributed by atoms with E-state index in [1.807, 2.05) is 30.0 Å². The molecule has 3 aromatic rings. The number of benzene rings is 2. The van der Waals surface area contributed by atoms with Crippen LogP contribution in [0.1, 0.15) is 50.6 Å². The van der Waals surface area contributed by atoms with Crippen molar-refractivity contribution in [2.75, 3.05) is 32.6 Å². The highest BCUT2D eigenvalue weighted by Gasteiger charge is 2.25. The van der Waals surface area contributed by atoms with Crippen molar-refractivity contribution < 1.29 is 19.1 Å². The Bertz CT molecular complexity index is 1220. The van der Waals surface area contributed by atoms with Crippen LogP contribution in [0, 0.1) is 6.92 Å². The number of ether oxygens (including phenoxy) is 2. The van der Waals surface area contributed by atoms with Crippen LogP contribution in [0.15, 0.2) is 54.6 Å². The first-order valence-corrected chi connectivity index (χ1v) is 11.8. The highest BCUT2D eigenvalue weighted by molar-refractivity contribution is 6.30. The number of rotatable bonds is 6. The molecule has 2 heterocycles. The Morgan fingerprint density at radius 1 is 0.971 bits per heavy atom. The van der Waals surface area contributed by atoms with Gasteiger partial charge in [-0.1, -0.05) is 29.8 Å². The molecule has 1 aliphatic heterocycles. The van der Waals surface area contributed by atoms with Gasteiger partial charge in [0.1, 0.15) is 10.9 Å². The Labute approximate surface area is 210 Å². The number of aromatic nitrogens is 1. The molecule has 0 atom stereocenters. The molecule has 2 amide bonds. The van der Waals surface area contributed by atoms with Crippen LogP contribution in [0.5, 0.6) is 11.6 Å². The van der Waals surface area contributed by atoms with Crippen LogP contribution in [-0.2, 0) is 0 Å². The molecule has 0 bridgehead atoms. The molecule has 1 aliphatic rings. The smallest absolute Gasteiger partial charge is 0.255 e. The molecule has 1 N–H and O–H groups in total. The number of pyridine rings is 1. The Balaban J connectivity index is 1.43. The predicted octanol–water partition coefficient (Wildman–Crippen LogP) is 5.33. The molecule has 2 aromatic carbocycles. The lowest BCUT2D eigenvalue weighted by molar-refractivity contribution is 0.0712. The number of hydrogen-bond acceptors (Lipinski definition) is 5. The number of piperidine rings is 1. The van der Waals surface area contributed by atoms with Crippen molar-refractivity contribution in [1.29, 1.82) is 0 Å². The van der Waals surface area contributed by atoms with Crippen LogP contribution in [0.3, 0.4) is 0 Å². The van der Waals surface area contributed by atoms with Crippen LogP contribution < -0.4 is 14.8 Å². The molecule has 1 aromatic heterocycles. The fourth-order valence-corrected chi connectivity index (χ4v) is 4.47. The number of halogens is 1. The van der Waals surface area contributed by atoms with E-state index >= 15 is 0 Å². The van der Waals surface area contributed by atoms with Crippen molar-refractivity contribution in [1.82, 2.24) is 9.88 Å². The van der Waals surface area contributed by atoms with Crippen molar-refractivity contribution in [2.45, 2.75) is 25.7 Å². The van der Waals surface area contributed by atoms with Crippen LogP contribution in [-0.4, -0.2) is 49.0 Å². The number of methoxy groups -OCH3 is 2. The third-order valence-corrected chi connectivity index (χ3v) is 6.54. The van der Waals surface area contributed by atoms with Crippen LogP contribution in [0.2, 0.25) is 5.15 Å². The largest absolute Gasteiger partial charge is 0.497 e. The molecule has 35 heavy (non-hydrogen) atoms. The number of carbonyl (C=O) groups is 2. The topological polar surface area (TPSA) is 80.8 Å². The second kappa shape index (κ2) is 10.8. The van der Waals surface area contributed by atoms with E-state index in [-0.39, 0.29) is 22.8 Å². The van der Waals surface area contributed by atoms with E-state index in [1.165, 1.54) is 24.8 Å². The predicted molar refractivity (Wildman–Crippen MR) is 136 cm³/mol. The molecular formula is C27H28ClN3O4. The van der Waals surface area contributed by atoms with Gasteiger partial charge in [-0.15, -0.1) is 0 Å². The highest BCUT2D eigenvalue weighted by Crippen LogP contribution is 2.30. The van der Waals surface area contributed by atoms with Crippen LogP contribution in [0.4, 0.5) is 5.69 Å². The quantitative estimate of drug-likeness (QED) is 0.469. The highest BCUT2D eigenvalue weighted by atomic mass is 35.5. The van der Waals surface area contributed by atoms with E-state index in [0.717, 1.165) is 24.2 Å². The SMILES string of the molecule is COc1ccc(C2CCN(C(=O)c3ccc(C)c(NC(=O)c4cc(Cl)nc(OC)c4)c3)CC2)cc1. The first kappa shape index (κ1) is 24.5. The second-order valence-electron chi connectivity index (χ2n) is 8.54. The Morgan fingerprint density at radius 3 is 2.34 bits per heavy atom. The maximum absolute atomic E-state index is 13.2. The van der Waals surface area contributed by atoms with Crippen LogP contribution in [0.25, 0.3) is 0 Å². The summed E-state index contributed by atoms with van der Waals surface area (Å²) in [5.74, 6) is 1.11. The molecule has 0 radical (unpaired) electrons. The van der Waals surface area contributed by atoms with E-state index < -0.39 is 0 Å². The van der Waals surface area contributed by atoms with Crippen molar-refractivity contribution in [3.8, 4) is 11.6 Å². The molecule has 8 heteroatoms. The maximum atomic E-state index is 13.2. The number of nitrogens with zero attached hydrogens (tertiary/aromatic N) is 2. The Kier molecular flexibility index (Phi) is 7.56. The van der Waals surface area contributed by atoms with E-state index in [9.17, 15) is 9.59 Å². The van der Waals surface area contributed by atoms with Crippen molar-refractivity contribution in [2.24, 2.45) is 0 Å². The van der Waals surface area contributed by atoms with Crippen molar-refractivity contribution in [3.63, 3.8) is 0 Å². The summed E-state index contributed by atoms with van der Waals surface area (Å²) >= 11 is 6.00. The van der Waals surface area contributed by atoms with E-state index in [4.69, 9.17) is 21.1 Å². The molecule has 4 rings (SSSR count). The number of likely N-dealkylation sites (tertiary alicyclic amines) is 1. The molecule has 0 spiro atoms. The third kappa shape index (κ3) is 5.74. The second-order valence-corrected chi connectivity index (χ2v) is 8.93. The average Bonchev–Trinajstić information content (AvgIpc) is 2.89. The first-order valence-electron chi connectivity index (χ1n) is 11.4. The van der Waals surface area contributed by atoms with Crippen molar-refractivity contribution >= 4 is 29.1 Å². The lowest BCUT2D eigenvalue weighted by atomic mass is 9.89. The molecule has 1 fully saturated rings. The monoisotopic (exact) mass is 493 g/mol. The van der Waals surface area contributed by atoms with E-state index in [2.05, 4.69) is 22.4 Å². The van der Waals surface area contributed by atoms with Crippen molar-refractivity contribution in [3.05, 3.63) is 82.0 Å². The summed E-state index contributed by atoms with van der Waals surface area (Å²) in [6.45, 7) is 3.24. The van der Waals surface area contributed by atoms with Gasteiger partial charge in [-0.2, -0.15) is 0 Å². The van der Waals surface area contributed by atoms with Gasteiger partial charge in [-0.25, -0.2) is 4.98 Å². The average molecular weight is 494 g/mol. The lowest BCUT2D eigenvalue weighted by Gasteiger charge is -2.32. The number of amides is 2. The standard InChI is InChI=1S/C27H28ClN3O4/c1-17-4-5-20(14-23(17)29-26(32)21-15-24(28)30-25(16-21)35-3)27(33)31-12-10-19(11-13-31)18-6-8-22(34-2)9-7-18/h4-9,14-16,19H,10-13H2,1-3H3,(H,29,32). The number of aryl methyl sites for hydroxylation is 1. The molecule has 1 saturated heterocycles. The zero-order valence-corrected chi connectivity index (χ0v) is 20.8. The fourth-order valence-electron chi connectivity index (χ4n) is 4.27. The summed E-state index contributed by atoms with van der Waals surface area (Å²) in [5.41, 5.74) is 3.55. The van der Waals surface area contributed by atoms with Gasteiger partial charge in [-0.05, 0) is 67.1 Å². The van der Waals surface area contributed by atoms with Gasteiger partial charge in [0.05, 0.1) is 14.2 Å². The molecule has 0 unspecified atom stereocenters. The summed E-state index contributed by atoms with van der Waals surface area (Å²) in [6.07, 6.45) is 1.80. The van der Waals surface area contributed by atoms with Gasteiger partial charge in [-0.3, -0.25) is 9.59 Å². The molecular weight excluding hydrogens is 466 g/mol. The van der Waals surface area contributed by atoms with Gasteiger partial charge in [0.25, 0.3) is 11.8 Å². The summed E-state index contributed by atoms with van der Waals surface area (Å²) in [4.78, 5) is 31.9. The van der Waals surface area contributed by atoms with Gasteiger partial charge < -0.3 is 19.7 Å². The summed E-state index contributed by atoms with van der Waals surface area (Å²) in [7, 11) is 3.12. The summed E-state index contributed by atoms with van der Waals surface area (Å²) in [5, 5.41) is 3.04. The zero-order chi connectivity index (χ0) is 24.9. The normalized spacial score (nSPS) is 13.9. The minimum atomic E-state index is -0.361. The minimum absolute atomic E-state index is 0.0395. The maximum Gasteiger partial charge on any atom is 0.255 e. The fraction of sp³-hybridized carbons (Fsp3) is 0.296. The van der Waals surface area contributed by atoms with E-state index in [0.29, 0.717) is 35.8 Å². The Morgan fingerprint density at radius 2 is 1.69 bits per heavy atom. The first-order chi connectivity index (χ1) is 16.9. The Hall–Kier alpha value is -3.58.